The van der Waals surface area contributed by atoms with E-state index in [-0.39, 0.29) is 0 Å². The number of aromatic hydroxyl groups is 1. The summed E-state index contributed by atoms with van der Waals surface area (Å²) in [4.78, 5) is 1.37. The Balaban J connectivity index is 2.67. The van der Waals surface area contributed by atoms with Crippen LogP contribution in [0.3, 0.4) is 0 Å². The van der Waals surface area contributed by atoms with Gasteiger partial charge in [-0.15, -0.1) is 11.3 Å². The average molecular weight is 178 g/mol. The molecule has 2 rings (SSSR count). The van der Waals surface area contributed by atoms with Gasteiger partial charge < -0.3 is 5.11 Å². The molecule has 2 heteroatoms. The van der Waals surface area contributed by atoms with E-state index in [0.29, 0.717) is 5.75 Å². The molecule has 1 aromatic heterocycles. The average Bonchev–Trinajstić information content (AvgIpc) is 2.46. The Labute approximate surface area is 75.3 Å². The van der Waals surface area contributed by atoms with Gasteiger partial charge in [0.25, 0.3) is 0 Å². The lowest BCUT2D eigenvalue weighted by Gasteiger charge is -1.89. The Morgan fingerprint density at radius 3 is 2.92 bits per heavy atom. The van der Waals surface area contributed by atoms with E-state index in [2.05, 4.69) is 13.0 Å². The van der Waals surface area contributed by atoms with Gasteiger partial charge in [0, 0.05) is 9.58 Å². The second kappa shape index (κ2) is 2.79. The van der Waals surface area contributed by atoms with Crippen LogP contribution in [0.5, 0.6) is 5.75 Å². The third-order valence-electron chi connectivity index (χ3n) is 1.90. The van der Waals surface area contributed by atoms with Gasteiger partial charge in [-0.2, -0.15) is 0 Å². The number of hydrogen-bond donors (Lipinski definition) is 1. The highest BCUT2D eigenvalue weighted by Crippen LogP contribution is 2.28. The molecule has 1 N–H and O–H groups in total. The van der Waals surface area contributed by atoms with Gasteiger partial charge >= 0.3 is 0 Å². The summed E-state index contributed by atoms with van der Waals surface area (Å²) in [5, 5.41) is 10.5. The van der Waals surface area contributed by atoms with Gasteiger partial charge in [0.15, 0.2) is 0 Å². The first kappa shape index (κ1) is 7.62. The lowest BCUT2D eigenvalue weighted by Crippen LogP contribution is -1.64. The van der Waals surface area contributed by atoms with Crippen molar-refractivity contribution in [2.45, 2.75) is 13.3 Å². The zero-order valence-corrected chi connectivity index (χ0v) is 7.69. The molecular weight excluding hydrogens is 168 g/mol. The van der Waals surface area contributed by atoms with Crippen molar-refractivity contribution in [1.29, 1.82) is 0 Å². The van der Waals surface area contributed by atoms with Gasteiger partial charge in [-0.3, -0.25) is 0 Å². The minimum atomic E-state index is 0.354. The van der Waals surface area contributed by atoms with E-state index in [1.807, 2.05) is 12.1 Å². The van der Waals surface area contributed by atoms with Crippen LogP contribution in [0.15, 0.2) is 24.3 Å². The van der Waals surface area contributed by atoms with Crippen molar-refractivity contribution < 1.29 is 5.11 Å². The summed E-state index contributed by atoms with van der Waals surface area (Å²) in [6.07, 6.45) is 1.07. The van der Waals surface area contributed by atoms with Crippen LogP contribution in [0, 0.1) is 0 Å². The Morgan fingerprint density at radius 2 is 2.17 bits per heavy atom. The second-order valence-electron chi connectivity index (χ2n) is 2.79. The zero-order valence-electron chi connectivity index (χ0n) is 6.87. The molecular formula is C10H10OS. The highest BCUT2D eigenvalue weighted by atomic mass is 32.1. The van der Waals surface area contributed by atoms with Gasteiger partial charge in [0.1, 0.15) is 5.75 Å². The van der Waals surface area contributed by atoms with Crippen LogP contribution in [0.1, 0.15) is 11.8 Å². The molecule has 0 amide bonds. The predicted octanol–water partition coefficient (Wildman–Crippen LogP) is 3.17. The van der Waals surface area contributed by atoms with Crippen molar-refractivity contribution in [2.24, 2.45) is 0 Å². The van der Waals surface area contributed by atoms with E-state index in [1.165, 1.54) is 15.0 Å². The van der Waals surface area contributed by atoms with Gasteiger partial charge in [0.2, 0.25) is 0 Å². The summed E-state index contributed by atoms with van der Waals surface area (Å²) in [6, 6.07) is 7.69. The minimum Gasteiger partial charge on any atom is -0.508 e. The summed E-state index contributed by atoms with van der Waals surface area (Å²) < 4.78 is 1.17. The highest BCUT2D eigenvalue weighted by Gasteiger charge is 1.99. The number of aryl methyl sites for hydroxylation is 1. The molecule has 0 aliphatic heterocycles. The molecule has 0 aliphatic rings. The van der Waals surface area contributed by atoms with E-state index >= 15 is 0 Å². The maximum Gasteiger partial charge on any atom is 0.117 e. The van der Waals surface area contributed by atoms with Gasteiger partial charge in [0.05, 0.1) is 0 Å². The molecule has 0 radical (unpaired) electrons. The molecule has 0 spiro atoms. The fourth-order valence-electron chi connectivity index (χ4n) is 1.25. The molecule has 1 heterocycles. The first-order chi connectivity index (χ1) is 5.79. The SMILES string of the molecule is CCc1cc2ccc(O)cc2s1. The van der Waals surface area contributed by atoms with Crippen LogP contribution >= 0.6 is 11.3 Å². The molecule has 0 saturated heterocycles. The summed E-state index contributed by atoms with van der Waals surface area (Å²) in [6.45, 7) is 2.14. The number of fused-ring (bicyclic) bond motifs is 1. The largest absolute Gasteiger partial charge is 0.508 e. The van der Waals surface area contributed by atoms with Crippen molar-refractivity contribution >= 4 is 21.4 Å². The topological polar surface area (TPSA) is 20.2 Å². The summed E-state index contributed by atoms with van der Waals surface area (Å²) in [5.41, 5.74) is 0. The molecule has 0 aliphatic carbocycles. The smallest absolute Gasteiger partial charge is 0.117 e. The van der Waals surface area contributed by atoms with E-state index in [0.717, 1.165) is 6.42 Å². The third-order valence-corrected chi connectivity index (χ3v) is 3.15. The highest BCUT2D eigenvalue weighted by molar-refractivity contribution is 7.19. The number of benzene rings is 1. The zero-order chi connectivity index (χ0) is 8.55. The second-order valence-corrected chi connectivity index (χ2v) is 3.96. The van der Waals surface area contributed by atoms with E-state index in [9.17, 15) is 5.11 Å². The summed E-state index contributed by atoms with van der Waals surface area (Å²) in [5.74, 6) is 0.354. The standard InChI is InChI=1S/C10H10OS/c1-2-9-5-7-3-4-8(11)6-10(7)12-9/h3-6,11H,2H2,1H3. The number of phenols is 1. The summed E-state index contributed by atoms with van der Waals surface area (Å²) >= 11 is 1.75. The molecule has 0 atom stereocenters. The summed E-state index contributed by atoms with van der Waals surface area (Å²) in [7, 11) is 0. The Kier molecular flexibility index (Phi) is 1.77. The molecule has 12 heavy (non-hydrogen) atoms. The van der Waals surface area contributed by atoms with Crippen LogP contribution in [0.4, 0.5) is 0 Å². The maximum atomic E-state index is 9.22. The monoisotopic (exact) mass is 178 g/mol. The Bertz CT molecular complexity index is 403. The van der Waals surface area contributed by atoms with Crippen LogP contribution in [0.2, 0.25) is 0 Å². The van der Waals surface area contributed by atoms with Crippen LogP contribution in [0.25, 0.3) is 10.1 Å². The molecule has 0 unspecified atom stereocenters. The normalized spacial score (nSPS) is 10.8. The van der Waals surface area contributed by atoms with Crippen LogP contribution in [-0.4, -0.2) is 5.11 Å². The first-order valence-electron chi connectivity index (χ1n) is 4.01. The lowest BCUT2D eigenvalue weighted by molar-refractivity contribution is 0.476. The molecule has 1 nitrogen and oxygen atoms in total. The number of rotatable bonds is 1. The van der Waals surface area contributed by atoms with Crippen molar-refractivity contribution in [2.75, 3.05) is 0 Å². The van der Waals surface area contributed by atoms with Crippen molar-refractivity contribution in [3.05, 3.63) is 29.1 Å². The van der Waals surface area contributed by atoms with E-state index in [1.54, 1.807) is 17.4 Å². The fourth-order valence-corrected chi connectivity index (χ4v) is 2.29. The van der Waals surface area contributed by atoms with Crippen molar-refractivity contribution in [1.82, 2.24) is 0 Å². The predicted molar refractivity (Wildman–Crippen MR) is 52.9 cm³/mol. The number of hydrogen-bond acceptors (Lipinski definition) is 2. The Morgan fingerprint density at radius 1 is 1.33 bits per heavy atom. The third kappa shape index (κ3) is 1.18. The fraction of sp³-hybridized carbons (Fsp3) is 0.200. The van der Waals surface area contributed by atoms with E-state index < -0.39 is 0 Å². The van der Waals surface area contributed by atoms with Crippen molar-refractivity contribution in [3.63, 3.8) is 0 Å². The molecule has 1 aromatic carbocycles. The Hall–Kier alpha value is -1.02. The molecule has 62 valence electrons. The number of phenolic OH excluding ortho intramolecular Hbond substituents is 1. The van der Waals surface area contributed by atoms with E-state index in [4.69, 9.17) is 0 Å². The van der Waals surface area contributed by atoms with Crippen LogP contribution < -0.4 is 0 Å². The molecule has 0 bridgehead atoms. The number of thiophene rings is 1. The van der Waals surface area contributed by atoms with Crippen molar-refractivity contribution in [3.8, 4) is 5.75 Å². The maximum absolute atomic E-state index is 9.22. The lowest BCUT2D eigenvalue weighted by atomic mass is 10.2. The first-order valence-corrected chi connectivity index (χ1v) is 4.82. The van der Waals surface area contributed by atoms with Crippen LogP contribution in [-0.2, 0) is 6.42 Å². The molecule has 0 fully saturated rings. The van der Waals surface area contributed by atoms with Gasteiger partial charge in [-0.25, -0.2) is 0 Å². The quantitative estimate of drug-likeness (QED) is 0.711. The molecule has 0 saturated carbocycles. The molecule has 2 aromatic rings. The van der Waals surface area contributed by atoms with Gasteiger partial charge in [-0.1, -0.05) is 6.92 Å². The minimum absolute atomic E-state index is 0.354. The van der Waals surface area contributed by atoms with Gasteiger partial charge in [-0.05, 0) is 36.1 Å².